The molecule has 1 saturated heterocycles. The molecule has 1 aliphatic heterocycles. The summed E-state index contributed by atoms with van der Waals surface area (Å²) in [6, 6.07) is 20.7. The zero-order valence-corrected chi connectivity index (χ0v) is 34.7. The molecule has 7 atom stereocenters. The molecule has 8 nitrogen and oxygen atoms in total. The van der Waals surface area contributed by atoms with Gasteiger partial charge in [-0.05, 0) is 66.6 Å². The molecule has 1 aliphatic rings. The first-order valence-electron chi connectivity index (χ1n) is 19.1. The van der Waals surface area contributed by atoms with Crippen molar-refractivity contribution in [1.82, 2.24) is 0 Å². The Kier molecular flexibility index (Phi) is 16.1. The van der Waals surface area contributed by atoms with Crippen LogP contribution in [0.4, 0.5) is 0 Å². The fraction of sp³-hybridized carbons (Fsp3) is 0.568. The molecule has 0 spiro atoms. The molecule has 294 valence electrons. The molecular formula is C44H66O8Si. The number of hydrogen-bond acceptors (Lipinski definition) is 7. The van der Waals surface area contributed by atoms with Gasteiger partial charge in [-0.1, -0.05) is 127 Å². The minimum atomic E-state index is -3.01. The third-order valence-electron chi connectivity index (χ3n) is 11.0. The van der Waals surface area contributed by atoms with Crippen molar-refractivity contribution in [2.24, 2.45) is 11.3 Å². The summed E-state index contributed by atoms with van der Waals surface area (Å²) in [6.07, 6.45) is 6.64. The van der Waals surface area contributed by atoms with Gasteiger partial charge in [0.15, 0.2) is 5.79 Å². The van der Waals surface area contributed by atoms with Gasteiger partial charge in [-0.2, -0.15) is 0 Å². The number of aliphatic hydroxyl groups excluding tert-OH is 3. The number of ether oxygens (including phenoxy) is 2. The summed E-state index contributed by atoms with van der Waals surface area (Å²) in [5.41, 5.74) is 0.597. The van der Waals surface area contributed by atoms with Crippen LogP contribution in [0.3, 0.4) is 0 Å². The molecule has 0 radical (unpaired) electrons. The van der Waals surface area contributed by atoms with Gasteiger partial charge in [-0.15, -0.1) is 0 Å². The van der Waals surface area contributed by atoms with Crippen molar-refractivity contribution in [2.45, 2.75) is 142 Å². The van der Waals surface area contributed by atoms with Crippen LogP contribution in [0.2, 0.25) is 5.04 Å². The summed E-state index contributed by atoms with van der Waals surface area (Å²) in [6.45, 7) is 18.0. The normalized spacial score (nSPS) is 23.1. The third kappa shape index (κ3) is 11.1. The number of aliphatic carboxylic acids is 1. The van der Waals surface area contributed by atoms with Gasteiger partial charge in [0, 0.05) is 31.3 Å². The standard InChI is InChI=1S/C44H66O8Si/c1-11-12-15-20-34(45)26-25-31(2)40(48)43(8,9)41(49)33(4)27-32(3)38-28-35(29-44(50-10,51-38)30-39(46)47)52-53(42(5,6)7,36-21-16-13-17-22-36)37-23-18-14-19-24-37/h11-14,16-19,21-25,27,33-35,38,40-41,45,48-49H,15,20,26,28-30H2,1-10H3,(H,46,47)/b12-11+,31-25+,32-27+/t33-,34+,35-,38-,40+,41+,44+/m0/s1. The quantitative estimate of drug-likeness (QED) is 0.0924. The van der Waals surface area contributed by atoms with Gasteiger partial charge in [0.2, 0.25) is 0 Å². The van der Waals surface area contributed by atoms with Crippen LogP contribution in [-0.2, 0) is 18.7 Å². The van der Waals surface area contributed by atoms with E-state index >= 15 is 0 Å². The highest BCUT2D eigenvalue weighted by molar-refractivity contribution is 6.99. The molecule has 1 fully saturated rings. The summed E-state index contributed by atoms with van der Waals surface area (Å²) in [4.78, 5) is 12.3. The Morgan fingerprint density at radius 2 is 1.57 bits per heavy atom. The average molecular weight is 751 g/mol. The average Bonchev–Trinajstić information content (AvgIpc) is 3.11. The van der Waals surface area contributed by atoms with Crippen molar-refractivity contribution in [3.63, 3.8) is 0 Å². The summed E-state index contributed by atoms with van der Waals surface area (Å²) in [7, 11) is -1.52. The predicted molar refractivity (Wildman–Crippen MR) is 216 cm³/mol. The van der Waals surface area contributed by atoms with Crippen molar-refractivity contribution in [1.29, 1.82) is 0 Å². The number of methoxy groups -OCH3 is 1. The van der Waals surface area contributed by atoms with Gasteiger partial charge < -0.3 is 34.3 Å². The summed E-state index contributed by atoms with van der Waals surface area (Å²) in [5.74, 6) is -2.86. The predicted octanol–water partition coefficient (Wildman–Crippen LogP) is 7.31. The van der Waals surface area contributed by atoms with E-state index in [1.807, 2.05) is 102 Å². The van der Waals surface area contributed by atoms with E-state index in [4.69, 9.17) is 13.9 Å². The lowest BCUT2D eigenvalue weighted by Gasteiger charge is -2.49. The van der Waals surface area contributed by atoms with Crippen molar-refractivity contribution in [3.8, 4) is 0 Å². The highest BCUT2D eigenvalue weighted by atomic mass is 28.4. The largest absolute Gasteiger partial charge is 0.481 e. The molecule has 0 amide bonds. The topological polar surface area (TPSA) is 126 Å². The van der Waals surface area contributed by atoms with Crippen LogP contribution >= 0.6 is 0 Å². The SMILES string of the molecule is C/C=C/CC[C@@H](O)C/C=C(\C)[C@@H](O)C(C)(C)[C@H](O)[C@@H](C)/C=C(\C)[C@@H]1C[C@H](O[Si](c2ccccc2)(c2ccccc2)C(C)(C)C)C[C@@](CC(=O)O)(OC)O1. The van der Waals surface area contributed by atoms with Crippen molar-refractivity contribution in [3.05, 3.63) is 96.1 Å². The van der Waals surface area contributed by atoms with Gasteiger partial charge >= 0.3 is 5.97 Å². The van der Waals surface area contributed by atoms with Crippen LogP contribution < -0.4 is 10.4 Å². The van der Waals surface area contributed by atoms with E-state index in [1.54, 1.807) is 0 Å². The molecule has 9 heteroatoms. The van der Waals surface area contributed by atoms with Gasteiger partial charge in [-0.3, -0.25) is 4.79 Å². The second-order valence-electron chi connectivity index (χ2n) is 16.6. The highest BCUT2D eigenvalue weighted by Gasteiger charge is 2.54. The first-order chi connectivity index (χ1) is 24.8. The van der Waals surface area contributed by atoms with Crippen molar-refractivity contribution in [2.75, 3.05) is 7.11 Å². The lowest BCUT2D eigenvalue weighted by molar-refractivity contribution is -0.278. The Hall–Kier alpha value is -2.89. The fourth-order valence-electron chi connectivity index (χ4n) is 7.93. The van der Waals surface area contributed by atoms with E-state index in [0.717, 1.165) is 22.4 Å². The lowest BCUT2D eigenvalue weighted by atomic mass is 9.73. The Morgan fingerprint density at radius 1 is 1.00 bits per heavy atom. The molecule has 0 aliphatic carbocycles. The lowest BCUT2D eigenvalue weighted by Crippen LogP contribution is -2.68. The molecule has 0 saturated carbocycles. The van der Waals surface area contributed by atoms with E-state index in [2.05, 4.69) is 45.0 Å². The molecule has 2 aromatic rings. The number of benzene rings is 2. The molecule has 4 N–H and O–H groups in total. The summed E-state index contributed by atoms with van der Waals surface area (Å²) >= 11 is 0. The monoisotopic (exact) mass is 750 g/mol. The summed E-state index contributed by atoms with van der Waals surface area (Å²) in [5, 5.41) is 45.5. The molecule has 2 aromatic carbocycles. The molecule has 0 bridgehead atoms. The summed E-state index contributed by atoms with van der Waals surface area (Å²) < 4.78 is 20.0. The number of hydrogen-bond donors (Lipinski definition) is 4. The van der Waals surface area contributed by atoms with Crippen LogP contribution in [0.15, 0.2) is 96.1 Å². The smallest absolute Gasteiger partial charge is 0.308 e. The van der Waals surface area contributed by atoms with Crippen LogP contribution in [0, 0.1) is 11.3 Å². The van der Waals surface area contributed by atoms with Gasteiger partial charge in [0.1, 0.15) is 0 Å². The number of carboxylic acids is 1. The minimum Gasteiger partial charge on any atom is -0.481 e. The van der Waals surface area contributed by atoms with Crippen LogP contribution in [-0.4, -0.2) is 78.1 Å². The molecule has 0 unspecified atom stereocenters. The first-order valence-corrected chi connectivity index (χ1v) is 21.0. The Morgan fingerprint density at radius 3 is 2.06 bits per heavy atom. The number of carboxylic acid groups (broad SMARTS) is 1. The van der Waals surface area contributed by atoms with Gasteiger partial charge in [0.05, 0.1) is 36.9 Å². The maximum atomic E-state index is 12.3. The van der Waals surface area contributed by atoms with Gasteiger partial charge in [0.25, 0.3) is 8.32 Å². The fourth-order valence-corrected chi connectivity index (χ4v) is 12.6. The number of allylic oxidation sites excluding steroid dienone is 2. The minimum absolute atomic E-state index is 0.233. The van der Waals surface area contributed by atoms with Gasteiger partial charge in [-0.25, -0.2) is 0 Å². The van der Waals surface area contributed by atoms with Crippen LogP contribution in [0.25, 0.3) is 0 Å². The third-order valence-corrected chi connectivity index (χ3v) is 16.1. The van der Waals surface area contributed by atoms with E-state index in [0.29, 0.717) is 24.8 Å². The highest BCUT2D eigenvalue weighted by Crippen LogP contribution is 2.43. The Labute approximate surface area is 319 Å². The van der Waals surface area contributed by atoms with Crippen LogP contribution in [0.1, 0.15) is 101 Å². The first kappa shape index (κ1) is 44.5. The van der Waals surface area contributed by atoms with E-state index < -0.39 is 61.9 Å². The van der Waals surface area contributed by atoms with E-state index in [9.17, 15) is 25.2 Å². The Balaban J connectivity index is 1.97. The number of carbonyl (C=O) groups is 1. The number of aliphatic hydroxyl groups is 3. The van der Waals surface area contributed by atoms with Crippen molar-refractivity contribution >= 4 is 24.7 Å². The number of rotatable bonds is 18. The second kappa shape index (κ2) is 19.1. The molecule has 0 aromatic heterocycles. The Bertz CT molecular complexity index is 1490. The zero-order chi connectivity index (χ0) is 39.6. The molecule has 1 heterocycles. The zero-order valence-electron chi connectivity index (χ0n) is 33.7. The maximum Gasteiger partial charge on any atom is 0.308 e. The second-order valence-corrected chi connectivity index (χ2v) is 20.8. The van der Waals surface area contributed by atoms with E-state index in [1.165, 1.54) is 7.11 Å². The maximum absolute atomic E-state index is 12.3. The van der Waals surface area contributed by atoms with E-state index in [-0.39, 0.29) is 17.9 Å². The van der Waals surface area contributed by atoms with Crippen LogP contribution in [0.5, 0.6) is 0 Å². The molecular weight excluding hydrogens is 685 g/mol. The molecule has 53 heavy (non-hydrogen) atoms. The van der Waals surface area contributed by atoms with Crippen molar-refractivity contribution < 1.29 is 39.1 Å². The molecule has 3 rings (SSSR count).